The molecule has 2 rings (SSSR count). The van der Waals surface area contributed by atoms with E-state index in [0.717, 1.165) is 26.7 Å². The molecule has 0 amide bonds. The van der Waals surface area contributed by atoms with Crippen LogP contribution in [0.5, 0.6) is 0 Å². The van der Waals surface area contributed by atoms with E-state index in [4.69, 9.17) is 0 Å². The van der Waals surface area contributed by atoms with Crippen molar-refractivity contribution in [3.63, 3.8) is 0 Å². The number of aryl methyl sites for hydroxylation is 1. The number of halogens is 2. The molecular weight excluding hydrogens is 368 g/mol. The van der Waals surface area contributed by atoms with E-state index in [1.807, 2.05) is 12.3 Å². The average Bonchev–Trinajstić information content (AvgIpc) is 2.40. The van der Waals surface area contributed by atoms with E-state index >= 15 is 0 Å². The predicted octanol–water partition coefficient (Wildman–Crippen LogP) is 5.17. The number of hydrogen-bond donors (Lipinski definition) is 1. The zero-order valence-electron chi connectivity index (χ0n) is 10.8. The molecule has 0 atom stereocenters. The fourth-order valence-corrected chi connectivity index (χ4v) is 2.96. The Hall–Kier alpha value is -0.870. The Morgan fingerprint density at radius 1 is 1.16 bits per heavy atom. The summed E-state index contributed by atoms with van der Waals surface area (Å²) in [5, 5.41) is 3.38. The summed E-state index contributed by atoms with van der Waals surface area (Å²) in [6.45, 7) is 2.91. The molecule has 4 heteroatoms. The maximum Gasteiger partial charge on any atom is 0.0737 e. The molecule has 0 spiro atoms. The minimum Gasteiger partial charge on any atom is -0.379 e. The molecule has 0 aliphatic heterocycles. The van der Waals surface area contributed by atoms with Gasteiger partial charge in [0, 0.05) is 20.8 Å². The summed E-state index contributed by atoms with van der Waals surface area (Å²) in [5.74, 6) is 0. The Kier molecular flexibility index (Phi) is 5.40. The van der Waals surface area contributed by atoms with Crippen LogP contribution in [-0.4, -0.2) is 4.98 Å². The first-order valence-electron chi connectivity index (χ1n) is 6.31. The summed E-state index contributed by atoms with van der Waals surface area (Å²) < 4.78 is 1.99. The number of rotatable bonds is 5. The molecule has 2 aromatic rings. The van der Waals surface area contributed by atoms with Gasteiger partial charge in [-0.3, -0.25) is 4.98 Å². The van der Waals surface area contributed by atoms with Crippen molar-refractivity contribution in [2.24, 2.45) is 0 Å². The van der Waals surface area contributed by atoms with Gasteiger partial charge in [0.25, 0.3) is 0 Å². The summed E-state index contributed by atoms with van der Waals surface area (Å²) in [6, 6.07) is 10.6. The maximum atomic E-state index is 4.38. The van der Waals surface area contributed by atoms with Gasteiger partial charge in [0.2, 0.25) is 0 Å². The molecule has 0 saturated carbocycles. The van der Waals surface area contributed by atoms with Gasteiger partial charge in [-0.25, -0.2) is 0 Å². The number of benzene rings is 1. The molecule has 2 nitrogen and oxygen atoms in total. The molecule has 100 valence electrons. The van der Waals surface area contributed by atoms with Crippen molar-refractivity contribution in [3.8, 4) is 0 Å². The van der Waals surface area contributed by atoms with E-state index < -0.39 is 0 Å². The fourth-order valence-electron chi connectivity index (χ4n) is 1.84. The van der Waals surface area contributed by atoms with Gasteiger partial charge >= 0.3 is 0 Å². The van der Waals surface area contributed by atoms with Crippen LogP contribution in [0.1, 0.15) is 24.6 Å². The van der Waals surface area contributed by atoms with E-state index in [-0.39, 0.29) is 0 Å². The molecule has 0 radical (unpaired) electrons. The first-order chi connectivity index (χ1) is 9.19. The van der Waals surface area contributed by atoms with Crippen LogP contribution in [-0.2, 0) is 13.0 Å². The van der Waals surface area contributed by atoms with Gasteiger partial charge in [0.1, 0.15) is 0 Å². The van der Waals surface area contributed by atoms with Crippen LogP contribution in [0.25, 0.3) is 0 Å². The van der Waals surface area contributed by atoms with Crippen molar-refractivity contribution in [1.29, 1.82) is 0 Å². The van der Waals surface area contributed by atoms with Crippen molar-refractivity contribution < 1.29 is 0 Å². The second-order valence-corrected chi connectivity index (χ2v) is 6.15. The molecule has 0 unspecified atom stereocenters. The number of hydrogen-bond acceptors (Lipinski definition) is 2. The first-order valence-corrected chi connectivity index (χ1v) is 7.90. The Bertz CT molecular complexity index is 538. The van der Waals surface area contributed by atoms with Gasteiger partial charge in [-0.1, -0.05) is 25.5 Å². The predicted molar refractivity (Wildman–Crippen MR) is 87.4 cm³/mol. The number of aromatic nitrogens is 1. The molecule has 0 fully saturated rings. The van der Waals surface area contributed by atoms with E-state index in [9.17, 15) is 0 Å². The zero-order valence-corrected chi connectivity index (χ0v) is 14.0. The van der Waals surface area contributed by atoms with E-state index in [1.54, 1.807) is 0 Å². The molecule has 1 N–H and O–H groups in total. The molecule has 0 aliphatic carbocycles. The summed E-state index contributed by atoms with van der Waals surface area (Å²) in [4.78, 5) is 4.38. The zero-order chi connectivity index (χ0) is 13.7. The number of anilines is 1. The summed E-state index contributed by atoms with van der Waals surface area (Å²) in [7, 11) is 0. The Morgan fingerprint density at radius 2 is 1.89 bits per heavy atom. The lowest BCUT2D eigenvalue weighted by molar-refractivity contribution is 0.921. The molecular formula is C15H16Br2N2. The molecule has 19 heavy (non-hydrogen) atoms. The third kappa shape index (κ3) is 4.32. The highest BCUT2D eigenvalue weighted by molar-refractivity contribution is 9.11. The molecule has 1 aromatic carbocycles. The topological polar surface area (TPSA) is 24.9 Å². The number of nitrogens with zero attached hydrogens (tertiary/aromatic N) is 1. The highest BCUT2D eigenvalue weighted by atomic mass is 79.9. The fraction of sp³-hybridized carbons (Fsp3) is 0.267. The SMILES string of the molecule is CCCc1ccc(NCc2ncc(Br)cc2Br)cc1. The Labute approximate surface area is 130 Å². The quantitative estimate of drug-likeness (QED) is 0.770. The van der Waals surface area contributed by atoms with Crippen LogP contribution < -0.4 is 5.32 Å². The van der Waals surface area contributed by atoms with Crippen molar-refractivity contribution in [1.82, 2.24) is 4.98 Å². The van der Waals surface area contributed by atoms with Crippen molar-refractivity contribution in [2.75, 3.05) is 5.32 Å². The summed E-state index contributed by atoms with van der Waals surface area (Å²) in [6.07, 6.45) is 4.13. The third-order valence-corrected chi connectivity index (χ3v) is 3.96. The van der Waals surface area contributed by atoms with E-state index in [1.165, 1.54) is 12.0 Å². The minimum absolute atomic E-state index is 0.709. The summed E-state index contributed by atoms with van der Waals surface area (Å²) in [5.41, 5.74) is 3.51. The van der Waals surface area contributed by atoms with Crippen LogP contribution in [0.15, 0.2) is 45.5 Å². The molecule has 0 bridgehead atoms. The van der Waals surface area contributed by atoms with Crippen LogP contribution in [0.4, 0.5) is 5.69 Å². The van der Waals surface area contributed by atoms with Crippen molar-refractivity contribution in [3.05, 3.63) is 56.7 Å². The minimum atomic E-state index is 0.709. The standard InChI is InChI=1S/C15H16Br2N2/c1-2-3-11-4-6-13(7-5-11)18-10-15-14(17)8-12(16)9-19-15/h4-9,18H,2-3,10H2,1H3. The number of pyridine rings is 1. The lowest BCUT2D eigenvalue weighted by atomic mass is 10.1. The van der Waals surface area contributed by atoms with Crippen LogP contribution >= 0.6 is 31.9 Å². The maximum absolute atomic E-state index is 4.38. The van der Waals surface area contributed by atoms with Crippen molar-refractivity contribution >= 4 is 37.5 Å². The van der Waals surface area contributed by atoms with Crippen LogP contribution in [0.2, 0.25) is 0 Å². The van der Waals surface area contributed by atoms with Crippen LogP contribution in [0, 0.1) is 0 Å². The molecule has 1 heterocycles. The normalized spacial score (nSPS) is 10.5. The lowest BCUT2D eigenvalue weighted by Gasteiger charge is -2.08. The first kappa shape index (κ1) is 14.5. The van der Waals surface area contributed by atoms with Gasteiger partial charge in [0.05, 0.1) is 12.2 Å². The monoisotopic (exact) mass is 382 g/mol. The Morgan fingerprint density at radius 3 is 2.53 bits per heavy atom. The molecule has 1 aromatic heterocycles. The third-order valence-electron chi connectivity index (χ3n) is 2.84. The second-order valence-electron chi connectivity index (χ2n) is 4.38. The highest BCUT2D eigenvalue weighted by Gasteiger charge is 2.02. The largest absolute Gasteiger partial charge is 0.379 e. The van der Waals surface area contributed by atoms with Gasteiger partial charge in [-0.15, -0.1) is 0 Å². The van der Waals surface area contributed by atoms with Gasteiger partial charge in [0.15, 0.2) is 0 Å². The Balaban J connectivity index is 1.98. The van der Waals surface area contributed by atoms with E-state index in [2.05, 4.69) is 73.3 Å². The molecule has 0 aliphatic rings. The van der Waals surface area contributed by atoms with Gasteiger partial charge < -0.3 is 5.32 Å². The van der Waals surface area contributed by atoms with Gasteiger partial charge in [-0.2, -0.15) is 0 Å². The summed E-state index contributed by atoms with van der Waals surface area (Å²) >= 11 is 6.92. The highest BCUT2D eigenvalue weighted by Crippen LogP contribution is 2.20. The van der Waals surface area contributed by atoms with Crippen molar-refractivity contribution in [2.45, 2.75) is 26.3 Å². The number of nitrogens with one attached hydrogen (secondary N) is 1. The molecule has 0 saturated heterocycles. The lowest BCUT2D eigenvalue weighted by Crippen LogP contribution is -2.02. The smallest absolute Gasteiger partial charge is 0.0737 e. The average molecular weight is 384 g/mol. The van der Waals surface area contributed by atoms with Gasteiger partial charge in [-0.05, 0) is 62.0 Å². The van der Waals surface area contributed by atoms with Crippen LogP contribution in [0.3, 0.4) is 0 Å². The second kappa shape index (κ2) is 7.06. The van der Waals surface area contributed by atoms with E-state index in [0.29, 0.717) is 6.54 Å².